The highest BCUT2D eigenvalue weighted by Gasteiger charge is 2.07. The summed E-state index contributed by atoms with van der Waals surface area (Å²) in [7, 11) is 1.63. The first-order chi connectivity index (χ1) is 10.2. The molecule has 0 atom stereocenters. The van der Waals surface area contributed by atoms with Gasteiger partial charge in [-0.1, -0.05) is 18.3 Å². The average Bonchev–Trinajstić information content (AvgIpc) is 2.90. The summed E-state index contributed by atoms with van der Waals surface area (Å²) in [5.74, 6) is 0.652. The molecule has 0 aliphatic rings. The zero-order chi connectivity index (χ0) is 14.8. The van der Waals surface area contributed by atoms with Gasteiger partial charge in [0.15, 0.2) is 0 Å². The topological polar surface area (TPSA) is 53.1 Å². The van der Waals surface area contributed by atoms with Crippen LogP contribution in [0.4, 0.5) is 0 Å². The fourth-order valence-electron chi connectivity index (χ4n) is 2.40. The second-order valence-corrected chi connectivity index (χ2v) is 5.19. The largest absolute Gasteiger partial charge is 0.481 e. The number of nitrogens with zero attached hydrogens (tertiary/aromatic N) is 2. The molecule has 0 amide bonds. The second kappa shape index (κ2) is 5.54. The maximum Gasteiger partial charge on any atom is 0.218 e. The van der Waals surface area contributed by atoms with Gasteiger partial charge in [-0.05, 0) is 30.3 Å². The van der Waals surface area contributed by atoms with E-state index in [9.17, 15) is 0 Å². The van der Waals surface area contributed by atoms with Crippen LogP contribution in [0.1, 0.15) is 11.1 Å². The minimum Gasteiger partial charge on any atom is -0.481 e. The normalized spacial score (nSPS) is 10.7. The number of aromatic nitrogens is 2. The number of benzene rings is 1. The quantitative estimate of drug-likeness (QED) is 0.752. The average molecular weight is 297 g/mol. The van der Waals surface area contributed by atoms with Gasteiger partial charge in [-0.3, -0.25) is 0 Å². The van der Waals surface area contributed by atoms with Crippen LogP contribution in [0.3, 0.4) is 0 Å². The molecule has 3 aromatic rings. The van der Waals surface area contributed by atoms with Crippen molar-refractivity contribution >= 4 is 28.1 Å². The Kier molecular flexibility index (Phi) is 3.58. The van der Waals surface area contributed by atoms with Crippen molar-refractivity contribution in [3.05, 3.63) is 59.9 Å². The molecule has 0 fully saturated rings. The van der Waals surface area contributed by atoms with Crippen LogP contribution in [-0.4, -0.2) is 21.6 Å². The lowest BCUT2D eigenvalue weighted by molar-refractivity contribution is 0.391. The monoisotopic (exact) mass is 297 g/mol. The Hall–Kier alpha value is -2.40. The standard InChI is InChI=1S/C16H15N3OS/c1-20-16-13(3-2-7-18-16)10-19-8-6-11-9-12(15(17)21)4-5-14(11)19/h2-9H,10H2,1H3,(H2,17,21). The van der Waals surface area contributed by atoms with Gasteiger partial charge >= 0.3 is 0 Å². The molecule has 0 radical (unpaired) electrons. The third-order valence-electron chi connectivity index (χ3n) is 3.44. The van der Waals surface area contributed by atoms with Crippen LogP contribution in [0.15, 0.2) is 48.8 Å². The molecule has 0 unspecified atom stereocenters. The Morgan fingerprint density at radius 3 is 2.95 bits per heavy atom. The van der Waals surface area contributed by atoms with Crippen LogP contribution in [0.2, 0.25) is 0 Å². The van der Waals surface area contributed by atoms with Crippen molar-refractivity contribution < 1.29 is 4.74 Å². The number of ether oxygens (including phenoxy) is 1. The molecule has 1 aromatic carbocycles. The molecule has 0 saturated heterocycles. The lowest BCUT2D eigenvalue weighted by atomic mass is 10.1. The smallest absolute Gasteiger partial charge is 0.218 e. The van der Waals surface area contributed by atoms with Crippen LogP contribution in [0.25, 0.3) is 10.9 Å². The molecule has 3 rings (SSSR count). The van der Waals surface area contributed by atoms with Crippen molar-refractivity contribution in [3.8, 4) is 5.88 Å². The van der Waals surface area contributed by atoms with Gasteiger partial charge in [-0.25, -0.2) is 4.98 Å². The van der Waals surface area contributed by atoms with Crippen molar-refractivity contribution in [1.29, 1.82) is 0 Å². The maximum atomic E-state index is 5.67. The predicted octanol–water partition coefficient (Wildman–Crippen LogP) is 2.73. The Labute approximate surface area is 128 Å². The van der Waals surface area contributed by atoms with Gasteiger partial charge in [0.25, 0.3) is 0 Å². The van der Waals surface area contributed by atoms with Crippen molar-refractivity contribution in [2.24, 2.45) is 5.73 Å². The van der Waals surface area contributed by atoms with Gasteiger partial charge < -0.3 is 15.0 Å². The minimum atomic E-state index is 0.415. The Morgan fingerprint density at radius 2 is 2.19 bits per heavy atom. The molecule has 0 aliphatic heterocycles. The summed E-state index contributed by atoms with van der Waals surface area (Å²) in [4.78, 5) is 4.64. The SMILES string of the molecule is COc1ncccc1Cn1ccc2cc(C(N)=S)ccc21. The predicted molar refractivity (Wildman–Crippen MR) is 87.7 cm³/mol. The number of methoxy groups -OCH3 is 1. The first-order valence-corrected chi connectivity index (χ1v) is 6.96. The van der Waals surface area contributed by atoms with E-state index >= 15 is 0 Å². The minimum absolute atomic E-state index is 0.415. The third-order valence-corrected chi connectivity index (χ3v) is 3.68. The number of hydrogen-bond acceptors (Lipinski definition) is 3. The van der Waals surface area contributed by atoms with Gasteiger partial charge in [0, 0.05) is 34.4 Å². The molecule has 2 aromatic heterocycles. The lowest BCUT2D eigenvalue weighted by Crippen LogP contribution is -2.09. The van der Waals surface area contributed by atoms with Gasteiger partial charge in [0.2, 0.25) is 5.88 Å². The summed E-state index contributed by atoms with van der Waals surface area (Å²) in [5.41, 5.74) is 8.72. The fourth-order valence-corrected chi connectivity index (χ4v) is 2.53. The highest BCUT2D eigenvalue weighted by atomic mass is 32.1. The van der Waals surface area contributed by atoms with E-state index in [0.29, 0.717) is 17.4 Å². The molecule has 0 saturated carbocycles. The Balaban J connectivity index is 2.00. The third kappa shape index (κ3) is 2.60. The molecule has 2 heterocycles. The summed E-state index contributed by atoms with van der Waals surface area (Å²) in [5, 5.41) is 1.11. The van der Waals surface area contributed by atoms with Crippen LogP contribution >= 0.6 is 12.2 Å². The molecular formula is C16H15N3OS. The van der Waals surface area contributed by atoms with Gasteiger partial charge in [0.05, 0.1) is 13.7 Å². The van der Waals surface area contributed by atoms with E-state index in [2.05, 4.69) is 15.6 Å². The van der Waals surface area contributed by atoms with Crippen molar-refractivity contribution in [2.45, 2.75) is 6.54 Å². The van der Waals surface area contributed by atoms with E-state index in [1.165, 1.54) is 0 Å². The molecule has 21 heavy (non-hydrogen) atoms. The summed E-state index contributed by atoms with van der Waals surface area (Å²) >= 11 is 5.02. The van der Waals surface area contributed by atoms with Crippen LogP contribution in [0.5, 0.6) is 5.88 Å². The molecule has 0 aliphatic carbocycles. The van der Waals surface area contributed by atoms with Crippen molar-refractivity contribution in [1.82, 2.24) is 9.55 Å². The van der Waals surface area contributed by atoms with E-state index < -0.39 is 0 Å². The number of rotatable bonds is 4. The van der Waals surface area contributed by atoms with Crippen molar-refractivity contribution in [3.63, 3.8) is 0 Å². The van der Waals surface area contributed by atoms with E-state index in [1.807, 2.05) is 36.5 Å². The molecule has 2 N–H and O–H groups in total. The summed E-state index contributed by atoms with van der Waals surface area (Å²) in [6, 6.07) is 12.0. The molecule has 106 valence electrons. The van der Waals surface area contributed by atoms with Crippen LogP contribution < -0.4 is 10.5 Å². The molecule has 5 heteroatoms. The van der Waals surface area contributed by atoms with Crippen LogP contribution in [-0.2, 0) is 6.54 Å². The first-order valence-electron chi connectivity index (χ1n) is 6.55. The molecule has 0 bridgehead atoms. The zero-order valence-electron chi connectivity index (χ0n) is 11.6. The van der Waals surface area contributed by atoms with Crippen LogP contribution in [0, 0.1) is 0 Å². The zero-order valence-corrected chi connectivity index (χ0v) is 12.4. The first kappa shape index (κ1) is 13.6. The molecule has 4 nitrogen and oxygen atoms in total. The van der Waals surface area contributed by atoms with Crippen molar-refractivity contribution in [2.75, 3.05) is 7.11 Å². The second-order valence-electron chi connectivity index (χ2n) is 4.75. The Morgan fingerprint density at radius 1 is 1.33 bits per heavy atom. The molecular weight excluding hydrogens is 282 g/mol. The number of fused-ring (bicyclic) bond motifs is 1. The highest BCUT2D eigenvalue weighted by molar-refractivity contribution is 7.80. The number of pyridine rings is 1. The van der Waals surface area contributed by atoms with Gasteiger partial charge in [-0.2, -0.15) is 0 Å². The fraction of sp³-hybridized carbons (Fsp3) is 0.125. The lowest BCUT2D eigenvalue weighted by Gasteiger charge is -2.09. The van der Waals surface area contributed by atoms with Gasteiger partial charge in [0.1, 0.15) is 4.99 Å². The number of hydrogen-bond donors (Lipinski definition) is 1. The maximum absolute atomic E-state index is 5.67. The number of nitrogens with two attached hydrogens (primary N) is 1. The van der Waals surface area contributed by atoms with E-state index in [0.717, 1.165) is 22.0 Å². The summed E-state index contributed by atoms with van der Waals surface area (Å²) in [6.45, 7) is 0.701. The number of thiocarbonyl (C=S) groups is 1. The van der Waals surface area contributed by atoms with Gasteiger partial charge in [-0.15, -0.1) is 0 Å². The molecule has 0 spiro atoms. The summed E-state index contributed by atoms with van der Waals surface area (Å²) in [6.07, 6.45) is 3.77. The van der Waals surface area contributed by atoms with E-state index in [4.69, 9.17) is 22.7 Å². The van der Waals surface area contributed by atoms with E-state index in [-0.39, 0.29) is 0 Å². The highest BCUT2D eigenvalue weighted by Crippen LogP contribution is 2.21. The Bertz CT molecular complexity index is 810. The van der Waals surface area contributed by atoms with E-state index in [1.54, 1.807) is 13.3 Å². The summed E-state index contributed by atoms with van der Waals surface area (Å²) < 4.78 is 7.45.